The number of morpholine rings is 1. The van der Waals surface area contributed by atoms with Crippen LogP contribution in [0.3, 0.4) is 0 Å². The van der Waals surface area contributed by atoms with E-state index in [0.29, 0.717) is 31.0 Å². The maximum absolute atomic E-state index is 11.5. The first kappa shape index (κ1) is 17.1. The van der Waals surface area contributed by atoms with Crippen molar-refractivity contribution in [1.82, 2.24) is 14.6 Å². The second kappa shape index (κ2) is 7.44. The van der Waals surface area contributed by atoms with Crippen molar-refractivity contribution >= 4 is 17.8 Å². The Kier molecular flexibility index (Phi) is 5.09. The Morgan fingerprint density at radius 1 is 1.40 bits per heavy atom. The highest BCUT2D eigenvalue weighted by atomic mass is 16.5. The summed E-state index contributed by atoms with van der Waals surface area (Å²) in [5, 5.41) is 4.74. The van der Waals surface area contributed by atoms with Crippen LogP contribution in [0.2, 0.25) is 0 Å². The molecule has 6 heteroatoms. The third kappa shape index (κ3) is 3.53. The zero-order valence-electron chi connectivity index (χ0n) is 14.4. The Balaban J connectivity index is 2.05. The van der Waals surface area contributed by atoms with Gasteiger partial charge in [0.25, 0.3) is 0 Å². The molecule has 0 unspecified atom stereocenters. The second-order valence-electron chi connectivity index (χ2n) is 6.01. The minimum atomic E-state index is 0.405. The van der Waals surface area contributed by atoms with E-state index in [9.17, 15) is 4.79 Å². The van der Waals surface area contributed by atoms with Gasteiger partial charge in [-0.3, -0.25) is 4.79 Å². The molecule has 1 aliphatic rings. The smallest absolute Gasteiger partial charge is 0.170 e. The molecule has 3 heterocycles. The van der Waals surface area contributed by atoms with Crippen LogP contribution in [0, 0.1) is 6.92 Å². The third-order valence-corrected chi connectivity index (χ3v) is 4.19. The van der Waals surface area contributed by atoms with Crippen molar-refractivity contribution in [3.05, 3.63) is 60.0 Å². The molecule has 2 aromatic rings. The molecule has 0 aromatic carbocycles. The Hall–Kier alpha value is -2.73. The Morgan fingerprint density at radius 3 is 2.84 bits per heavy atom. The van der Waals surface area contributed by atoms with Gasteiger partial charge in [0.05, 0.1) is 18.9 Å². The fraction of sp³-hybridized carbons (Fsp3) is 0.316. The van der Waals surface area contributed by atoms with E-state index in [1.165, 1.54) is 0 Å². The summed E-state index contributed by atoms with van der Waals surface area (Å²) in [5.41, 5.74) is 3.71. The second-order valence-corrected chi connectivity index (χ2v) is 6.01. The van der Waals surface area contributed by atoms with Gasteiger partial charge in [-0.15, -0.1) is 5.10 Å². The molecule has 0 bridgehead atoms. The van der Waals surface area contributed by atoms with Crippen molar-refractivity contribution in [3.8, 4) is 0 Å². The maximum atomic E-state index is 11.5. The number of rotatable bonds is 6. The van der Waals surface area contributed by atoms with Crippen molar-refractivity contribution in [3.63, 3.8) is 0 Å². The number of ether oxygens (including phenoxy) is 1. The lowest BCUT2D eigenvalue weighted by Crippen LogP contribution is -2.37. The molecule has 0 atom stereocenters. The van der Waals surface area contributed by atoms with Crippen LogP contribution in [0.25, 0.3) is 5.65 Å². The molecule has 0 spiro atoms. The van der Waals surface area contributed by atoms with Gasteiger partial charge in [-0.1, -0.05) is 31.4 Å². The highest BCUT2D eigenvalue weighted by molar-refractivity contribution is 5.76. The molecule has 0 amide bonds. The number of anilines is 1. The van der Waals surface area contributed by atoms with Gasteiger partial charge in [0.15, 0.2) is 11.9 Å². The summed E-state index contributed by atoms with van der Waals surface area (Å²) in [4.78, 5) is 18.1. The number of nitrogens with zero attached hydrogens (tertiary/aromatic N) is 4. The average Bonchev–Trinajstić information content (AvgIpc) is 2.99. The molecule has 0 N–H and O–H groups in total. The van der Waals surface area contributed by atoms with Crippen LogP contribution < -0.4 is 4.90 Å². The van der Waals surface area contributed by atoms with Crippen molar-refractivity contribution in [2.75, 3.05) is 31.2 Å². The number of imidazole rings is 1. The number of allylic oxidation sites excluding steroid dienone is 4. The monoisotopic (exact) mass is 338 g/mol. The van der Waals surface area contributed by atoms with Crippen LogP contribution in [0.5, 0.6) is 0 Å². The molecule has 1 aliphatic heterocycles. The van der Waals surface area contributed by atoms with Crippen LogP contribution in [-0.2, 0) is 11.2 Å². The predicted molar refractivity (Wildman–Crippen MR) is 98.3 cm³/mol. The van der Waals surface area contributed by atoms with Crippen LogP contribution in [0.15, 0.2) is 43.0 Å². The van der Waals surface area contributed by atoms with Crippen LogP contribution >= 0.6 is 0 Å². The summed E-state index contributed by atoms with van der Waals surface area (Å²) in [7, 11) is 0. The van der Waals surface area contributed by atoms with E-state index in [4.69, 9.17) is 9.84 Å². The highest BCUT2D eigenvalue weighted by Gasteiger charge is 2.19. The van der Waals surface area contributed by atoms with Gasteiger partial charge >= 0.3 is 0 Å². The molecule has 2 aromatic heterocycles. The molecular formula is C19H22N4O2. The summed E-state index contributed by atoms with van der Waals surface area (Å²) >= 11 is 0. The number of hydrogen-bond acceptors (Lipinski definition) is 5. The Bertz CT molecular complexity index is 845. The molecule has 130 valence electrons. The van der Waals surface area contributed by atoms with Crippen molar-refractivity contribution in [1.29, 1.82) is 0 Å². The van der Waals surface area contributed by atoms with Gasteiger partial charge in [0.1, 0.15) is 11.5 Å². The van der Waals surface area contributed by atoms with Crippen LogP contribution in [-0.4, -0.2) is 47.2 Å². The number of hydrogen-bond donors (Lipinski definition) is 0. The first-order chi connectivity index (χ1) is 12.1. The van der Waals surface area contributed by atoms with E-state index in [0.717, 1.165) is 42.0 Å². The largest absolute Gasteiger partial charge is 0.378 e. The maximum Gasteiger partial charge on any atom is 0.170 e. The molecule has 6 nitrogen and oxygen atoms in total. The number of aromatic nitrogens is 3. The SMILES string of the molecule is C=C/C=C\C(=C)Cc1c(C=O)nc2c(C)cc(N3CCOCC3)nn12. The Morgan fingerprint density at radius 2 is 2.16 bits per heavy atom. The van der Waals surface area contributed by atoms with Gasteiger partial charge in [-0.05, 0) is 24.1 Å². The normalized spacial score (nSPS) is 15.0. The van der Waals surface area contributed by atoms with Gasteiger partial charge in [-0.25, -0.2) is 9.50 Å². The zero-order valence-corrected chi connectivity index (χ0v) is 14.4. The first-order valence-corrected chi connectivity index (χ1v) is 8.28. The van der Waals surface area contributed by atoms with E-state index in [-0.39, 0.29) is 0 Å². The van der Waals surface area contributed by atoms with E-state index in [1.807, 2.05) is 25.1 Å². The summed E-state index contributed by atoms with van der Waals surface area (Å²) < 4.78 is 7.19. The van der Waals surface area contributed by atoms with Crippen molar-refractivity contribution in [2.45, 2.75) is 13.3 Å². The summed E-state index contributed by atoms with van der Waals surface area (Å²) in [6.45, 7) is 12.7. The fourth-order valence-electron chi connectivity index (χ4n) is 2.90. The number of aryl methyl sites for hydroxylation is 1. The summed E-state index contributed by atoms with van der Waals surface area (Å²) in [6.07, 6.45) is 6.67. The van der Waals surface area contributed by atoms with Crippen molar-refractivity contribution < 1.29 is 9.53 Å². The zero-order chi connectivity index (χ0) is 17.8. The lowest BCUT2D eigenvalue weighted by atomic mass is 10.1. The summed E-state index contributed by atoms with van der Waals surface area (Å²) in [6, 6.07) is 2.01. The minimum Gasteiger partial charge on any atom is -0.378 e. The topological polar surface area (TPSA) is 59.7 Å². The quantitative estimate of drug-likeness (QED) is 0.598. The van der Waals surface area contributed by atoms with Crippen molar-refractivity contribution in [2.24, 2.45) is 0 Å². The lowest BCUT2D eigenvalue weighted by molar-refractivity contribution is 0.111. The van der Waals surface area contributed by atoms with Gasteiger partial charge in [-0.2, -0.15) is 0 Å². The molecule has 0 radical (unpaired) electrons. The molecule has 1 saturated heterocycles. The van der Waals surface area contributed by atoms with E-state index < -0.39 is 0 Å². The highest BCUT2D eigenvalue weighted by Crippen LogP contribution is 2.22. The minimum absolute atomic E-state index is 0.405. The molecule has 3 rings (SSSR count). The van der Waals surface area contributed by atoms with E-state index in [1.54, 1.807) is 10.6 Å². The molecule has 0 saturated carbocycles. The van der Waals surface area contributed by atoms with Crippen LogP contribution in [0.4, 0.5) is 5.82 Å². The molecule has 0 aliphatic carbocycles. The van der Waals surface area contributed by atoms with E-state index >= 15 is 0 Å². The Labute approximate surface area is 147 Å². The fourth-order valence-corrected chi connectivity index (χ4v) is 2.90. The molecular weight excluding hydrogens is 316 g/mol. The molecule has 1 fully saturated rings. The standard InChI is InChI=1S/C19H22N4O2/c1-4-5-6-14(2)11-17-16(13-24)20-19-15(3)12-18(21-23(17)19)22-7-9-25-10-8-22/h4-6,12-13H,1-2,7-11H2,3H3/b6-5-. The van der Waals surface area contributed by atoms with Gasteiger partial charge in [0, 0.05) is 19.5 Å². The number of carbonyl (C=O) groups is 1. The number of fused-ring (bicyclic) bond motifs is 1. The number of carbonyl (C=O) groups excluding carboxylic acids is 1. The number of aldehydes is 1. The average molecular weight is 338 g/mol. The van der Waals surface area contributed by atoms with Gasteiger partial charge < -0.3 is 9.64 Å². The van der Waals surface area contributed by atoms with Gasteiger partial charge in [0.2, 0.25) is 0 Å². The summed E-state index contributed by atoms with van der Waals surface area (Å²) in [5.74, 6) is 0.872. The lowest BCUT2D eigenvalue weighted by Gasteiger charge is -2.28. The molecule has 25 heavy (non-hydrogen) atoms. The van der Waals surface area contributed by atoms with E-state index in [2.05, 4.69) is 23.0 Å². The predicted octanol–water partition coefficient (Wildman–Crippen LogP) is 2.53. The first-order valence-electron chi connectivity index (χ1n) is 8.28. The third-order valence-electron chi connectivity index (χ3n) is 4.19. The van der Waals surface area contributed by atoms with Crippen LogP contribution in [0.1, 0.15) is 21.7 Å².